The second-order valence-corrected chi connectivity index (χ2v) is 9.80. The highest BCUT2D eigenvalue weighted by Crippen LogP contribution is 2.43. The maximum absolute atomic E-state index is 13.4. The topological polar surface area (TPSA) is 76.8 Å². The van der Waals surface area contributed by atoms with E-state index in [1.807, 2.05) is 36.5 Å². The average Bonchev–Trinajstić information content (AvgIpc) is 3.23. The number of benzene rings is 3. The number of likely N-dealkylation sites (N-methyl/N-ethyl adjacent to an activating group) is 1. The molecule has 5 aromatic rings. The van der Waals surface area contributed by atoms with Gasteiger partial charge in [0.2, 0.25) is 11.8 Å². The molecule has 0 aliphatic rings. The Bertz CT molecular complexity index is 1660. The SMILES string of the molecule is COc1ccc(COc2c3ncc(Cc4ccc(F)cc4)cc3c(CC(=O)N(C)C)c3cn(C)c(O)c23)cc1. The predicted molar refractivity (Wildman–Crippen MR) is 149 cm³/mol. The molecule has 0 aliphatic carbocycles. The summed E-state index contributed by atoms with van der Waals surface area (Å²) in [6, 6.07) is 15.9. The molecular formula is C31H30FN3O4. The summed E-state index contributed by atoms with van der Waals surface area (Å²) in [6.45, 7) is 0.248. The van der Waals surface area contributed by atoms with Crippen LogP contribution in [0.15, 0.2) is 67.0 Å². The van der Waals surface area contributed by atoms with Gasteiger partial charge in [0.15, 0.2) is 5.75 Å². The normalized spacial score (nSPS) is 11.2. The number of aryl methyl sites for hydroxylation is 1. The van der Waals surface area contributed by atoms with Gasteiger partial charge >= 0.3 is 0 Å². The largest absolute Gasteiger partial charge is 0.497 e. The zero-order valence-electron chi connectivity index (χ0n) is 22.4. The van der Waals surface area contributed by atoms with E-state index in [-0.39, 0.29) is 30.6 Å². The summed E-state index contributed by atoms with van der Waals surface area (Å²) >= 11 is 0. The average molecular weight is 528 g/mol. The van der Waals surface area contributed by atoms with E-state index in [1.54, 1.807) is 56.0 Å². The van der Waals surface area contributed by atoms with E-state index in [0.29, 0.717) is 23.1 Å². The van der Waals surface area contributed by atoms with Gasteiger partial charge in [0.25, 0.3) is 0 Å². The zero-order valence-corrected chi connectivity index (χ0v) is 22.4. The first-order valence-electron chi connectivity index (χ1n) is 12.6. The Balaban J connectivity index is 1.67. The van der Waals surface area contributed by atoms with Crippen molar-refractivity contribution in [3.05, 3.63) is 95.1 Å². The van der Waals surface area contributed by atoms with Crippen LogP contribution in [-0.4, -0.2) is 46.7 Å². The lowest BCUT2D eigenvalue weighted by molar-refractivity contribution is -0.127. The molecule has 200 valence electrons. The summed E-state index contributed by atoms with van der Waals surface area (Å²) < 4.78 is 26.7. The molecule has 1 amide bonds. The van der Waals surface area contributed by atoms with Crippen molar-refractivity contribution in [1.29, 1.82) is 0 Å². The van der Waals surface area contributed by atoms with Crippen LogP contribution in [0.2, 0.25) is 0 Å². The Morgan fingerprint density at radius 2 is 1.72 bits per heavy atom. The van der Waals surface area contributed by atoms with Gasteiger partial charge in [-0.2, -0.15) is 0 Å². The first-order chi connectivity index (χ1) is 18.7. The molecule has 1 N–H and O–H groups in total. The minimum Gasteiger partial charge on any atom is -0.497 e. The molecule has 8 heteroatoms. The number of ether oxygens (including phenoxy) is 2. The number of methoxy groups -OCH3 is 1. The molecule has 2 aromatic heterocycles. The van der Waals surface area contributed by atoms with Gasteiger partial charge in [0.1, 0.15) is 23.7 Å². The lowest BCUT2D eigenvalue weighted by atomic mass is 9.96. The quantitative estimate of drug-likeness (QED) is 0.293. The summed E-state index contributed by atoms with van der Waals surface area (Å²) in [5.74, 6) is 0.870. The van der Waals surface area contributed by atoms with Crippen LogP contribution in [0.1, 0.15) is 22.3 Å². The summed E-state index contributed by atoms with van der Waals surface area (Å²) in [5.41, 5.74) is 4.10. The summed E-state index contributed by atoms with van der Waals surface area (Å²) in [4.78, 5) is 19.2. The number of aromatic hydroxyl groups is 1. The van der Waals surface area contributed by atoms with Crippen LogP contribution in [0.3, 0.4) is 0 Å². The standard InChI is InChI=1S/C31H30FN3O4/c1-34(2)27(36)15-24-25-14-21(13-19-5-9-22(32)10-6-19)16-33-29(25)30(28-26(24)17-35(3)31(28)37)39-18-20-7-11-23(38-4)12-8-20/h5-12,14,16-17,37H,13,15,18H2,1-4H3. The Morgan fingerprint density at radius 3 is 2.38 bits per heavy atom. The first-order valence-corrected chi connectivity index (χ1v) is 12.6. The summed E-state index contributed by atoms with van der Waals surface area (Å²) in [6.07, 6.45) is 4.25. The number of amides is 1. The van der Waals surface area contributed by atoms with Gasteiger partial charge in [-0.3, -0.25) is 9.78 Å². The fourth-order valence-corrected chi connectivity index (χ4v) is 4.70. The van der Waals surface area contributed by atoms with Gasteiger partial charge in [0, 0.05) is 44.3 Å². The Hall–Kier alpha value is -4.59. The highest BCUT2D eigenvalue weighted by molar-refractivity contribution is 6.11. The minimum atomic E-state index is -0.287. The Labute approximate surface area is 226 Å². The number of hydrogen-bond acceptors (Lipinski definition) is 5. The van der Waals surface area contributed by atoms with Crippen molar-refractivity contribution >= 4 is 27.6 Å². The van der Waals surface area contributed by atoms with Crippen LogP contribution in [-0.2, 0) is 31.3 Å². The molecule has 39 heavy (non-hydrogen) atoms. The van der Waals surface area contributed by atoms with Gasteiger partial charge in [-0.05, 0) is 59.0 Å². The minimum absolute atomic E-state index is 0.0346. The van der Waals surface area contributed by atoms with Crippen LogP contribution < -0.4 is 9.47 Å². The van der Waals surface area contributed by atoms with Crippen molar-refractivity contribution in [3.8, 4) is 17.4 Å². The molecule has 0 unspecified atom stereocenters. The third-order valence-electron chi connectivity index (χ3n) is 6.88. The molecule has 2 heterocycles. The number of aromatic nitrogens is 2. The molecule has 0 spiro atoms. The van der Waals surface area contributed by atoms with E-state index >= 15 is 0 Å². The molecule has 5 rings (SSSR count). The number of nitrogens with zero attached hydrogens (tertiary/aromatic N) is 3. The number of halogens is 1. The first kappa shape index (κ1) is 26.0. The van der Waals surface area contributed by atoms with Gasteiger partial charge < -0.3 is 24.0 Å². The maximum atomic E-state index is 13.4. The van der Waals surface area contributed by atoms with Crippen LogP contribution in [0.25, 0.3) is 21.7 Å². The van der Waals surface area contributed by atoms with Crippen molar-refractivity contribution in [2.24, 2.45) is 7.05 Å². The van der Waals surface area contributed by atoms with Crippen LogP contribution >= 0.6 is 0 Å². The van der Waals surface area contributed by atoms with Gasteiger partial charge in [-0.15, -0.1) is 0 Å². The third kappa shape index (κ3) is 5.23. The number of carbonyl (C=O) groups is 1. The number of pyridine rings is 1. The molecular weight excluding hydrogens is 497 g/mol. The van der Waals surface area contributed by atoms with Crippen molar-refractivity contribution < 1.29 is 23.8 Å². The van der Waals surface area contributed by atoms with Crippen molar-refractivity contribution in [1.82, 2.24) is 14.5 Å². The lowest BCUT2D eigenvalue weighted by Crippen LogP contribution is -2.23. The van der Waals surface area contributed by atoms with E-state index in [9.17, 15) is 14.3 Å². The van der Waals surface area contributed by atoms with Crippen molar-refractivity contribution in [3.63, 3.8) is 0 Å². The molecule has 3 aromatic carbocycles. The monoisotopic (exact) mass is 527 g/mol. The second-order valence-electron chi connectivity index (χ2n) is 9.80. The van der Waals surface area contributed by atoms with Crippen LogP contribution in [0.4, 0.5) is 4.39 Å². The molecule has 0 fully saturated rings. The maximum Gasteiger partial charge on any atom is 0.226 e. The smallest absolute Gasteiger partial charge is 0.226 e. The lowest BCUT2D eigenvalue weighted by Gasteiger charge is -2.17. The molecule has 0 saturated carbocycles. The summed E-state index contributed by atoms with van der Waals surface area (Å²) in [7, 11) is 6.80. The van der Waals surface area contributed by atoms with Gasteiger partial charge in [0.05, 0.1) is 18.9 Å². The molecule has 0 aliphatic heterocycles. The molecule has 0 saturated heterocycles. The van der Waals surface area contributed by atoms with E-state index in [4.69, 9.17) is 14.5 Å². The van der Waals surface area contributed by atoms with E-state index in [2.05, 4.69) is 0 Å². The summed E-state index contributed by atoms with van der Waals surface area (Å²) in [5, 5.41) is 13.1. The molecule has 0 bridgehead atoms. The van der Waals surface area contributed by atoms with Crippen molar-refractivity contribution in [2.75, 3.05) is 21.2 Å². The number of hydrogen-bond donors (Lipinski definition) is 1. The van der Waals surface area contributed by atoms with Gasteiger partial charge in [-0.1, -0.05) is 24.3 Å². The third-order valence-corrected chi connectivity index (χ3v) is 6.88. The fourth-order valence-electron chi connectivity index (χ4n) is 4.70. The van der Waals surface area contributed by atoms with Crippen LogP contribution in [0.5, 0.6) is 17.4 Å². The zero-order chi connectivity index (χ0) is 27.7. The van der Waals surface area contributed by atoms with Gasteiger partial charge in [-0.25, -0.2) is 4.39 Å². The van der Waals surface area contributed by atoms with E-state index in [1.165, 1.54) is 12.1 Å². The molecule has 7 nitrogen and oxygen atoms in total. The number of rotatable bonds is 8. The highest BCUT2D eigenvalue weighted by atomic mass is 19.1. The predicted octanol–water partition coefficient (Wildman–Crippen LogP) is 5.38. The van der Waals surface area contributed by atoms with Crippen molar-refractivity contribution in [2.45, 2.75) is 19.4 Å². The second kappa shape index (κ2) is 10.6. The van der Waals surface area contributed by atoms with E-state index in [0.717, 1.165) is 38.8 Å². The number of carbonyl (C=O) groups excluding carboxylic acids is 1. The molecule has 0 radical (unpaired) electrons. The Kier molecular flexibility index (Phi) is 7.11. The van der Waals surface area contributed by atoms with E-state index < -0.39 is 0 Å². The fraction of sp³-hybridized carbons (Fsp3) is 0.226. The van der Waals surface area contributed by atoms with Crippen LogP contribution in [0, 0.1) is 5.82 Å². The number of fused-ring (bicyclic) bond motifs is 2. The Morgan fingerprint density at radius 1 is 1.03 bits per heavy atom. The highest BCUT2D eigenvalue weighted by Gasteiger charge is 2.24. The molecule has 0 atom stereocenters.